The second-order valence-electron chi connectivity index (χ2n) is 17.4. The Bertz CT molecular complexity index is 1220. The minimum atomic E-state index is -0.637. The third kappa shape index (κ3) is 7.23. The molecule has 4 unspecified atom stereocenters. The van der Waals surface area contributed by atoms with Gasteiger partial charge in [0.15, 0.2) is 5.79 Å². The van der Waals surface area contributed by atoms with Crippen molar-refractivity contribution in [3.05, 3.63) is 37.0 Å². The predicted octanol–water partition coefficient (Wildman–Crippen LogP) is 7.47. The third-order valence-electron chi connectivity index (χ3n) is 14.0. The molecule has 6 bridgehead atoms. The molecule has 1 N–H and O–H groups in total. The summed E-state index contributed by atoms with van der Waals surface area (Å²) in [6.45, 7) is 24.5. The maximum Gasteiger partial charge on any atom is 0.172 e. The van der Waals surface area contributed by atoms with Crippen LogP contribution < -0.4 is 0 Å². The first kappa shape index (κ1) is 37.2. The monoisotopic (exact) mass is 698 g/mol. The van der Waals surface area contributed by atoms with Crippen LogP contribution in [0.5, 0.6) is 0 Å². The molecule has 0 spiro atoms. The number of ether oxygens (including phenoxy) is 7. The number of aliphatic hydroxyl groups excluding tert-OH is 1. The van der Waals surface area contributed by atoms with E-state index in [9.17, 15) is 5.11 Å². The third-order valence-corrected chi connectivity index (χ3v) is 14.0. The van der Waals surface area contributed by atoms with Crippen LogP contribution in [0.4, 0.5) is 0 Å². The van der Waals surface area contributed by atoms with Gasteiger partial charge in [0.05, 0.1) is 54.9 Å². The molecule has 18 atom stereocenters. The van der Waals surface area contributed by atoms with Crippen LogP contribution in [0.15, 0.2) is 37.0 Å². The number of hydrogen-bond acceptors (Lipinski definition) is 8. The Labute approximate surface area is 301 Å². The van der Waals surface area contributed by atoms with Crippen molar-refractivity contribution in [2.24, 2.45) is 29.6 Å². The molecular weight excluding hydrogens is 632 g/mol. The molecule has 8 nitrogen and oxygen atoms in total. The van der Waals surface area contributed by atoms with Gasteiger partial charge in [-0.3, -0.25) is 0 Å². The molecule has 0 aromatic heterocycles. The highest BCUT2D eigenvalue weighted by Gasteiger charge is 2.67. The van der Waals surface area contributed by atoms with Crippen molar-refractivity contribution < 1.29 is 38.3 Å². The largest absolute Gasteiger partial charge is 0.396 e. The van der Waals surface area contributed by atoms with Crippen molar-refractivity contribution in [3.8, 4) is 0 Å². The van der Waals surface area contributed by atoms with E-state index < -0.39 is 5.79 Å². The number of hydrogen-bond donors (Lipinski definition) is 1. The van der Waals surface area contributed by atoms with Crippen molar-refractivity contribution in [1.82, 2.24) is 0 Å². The topological polar surface area (TPSA) is 84.8 Å². The molecule has 0 aliphatic carbocycles. The van der Waals surface area contributed by atoms with Crippen LogP contribution in [0, 0.1) is 29.6 Å². The lowest BCUT2D eigenvalue weighted by Crippen LogP contribution is -2.54. The fourth-order valence-corrected chi connectivity index (χ4v) is 10.6. The number of rotatable bonds is 15. The average Bonchev–Trinajstić information content (AvgIpc) is 3.75. The fraction of sp³-hybridized carbons (Fsp3) is 0.857. The summed E-state index contributed by atoms with van der Waals surface area (Å²) >= 11 is 0. The molecule has 0 amide bonds. The van der Waals surface area contributed by atoms with E-state index in [1.807, 2.05) is 6.08 Å². The van der Waals surface area contributed by atoms with Gasteiger partial charge in [-0.05, 0) is 86.2 Å². The van der Waals surface area contributed by atoms with Crippen molar-refractivity contribution in [2.75, 3.05) is 6.61 Å². The van der Waals surface area contributed by atoms with E-state index in [2.05, 4.69) is 54.4 Å². The summed E-state index contributed by atoms with van der Waals surface area (Å²) in [6, 6.07) is 0. The molecule has 8 heterocycles. The Morgan fingerprint density at radius 3 is 2.36 bits per heavy atom. The molecule has 8 aliphatic rings. The first-order chi connectivity index (χ1) is 24.0. The van der Waals surface area contributed by atoms with Crippen LogP contribution in [0.3, 0.4) is 0 Å². The summed E-state index contributed by atoms with van der Waals surface area (Å²) in [5, 5.41) is 9.90. The zero-order chi connectivity index (χ0) is 35.3. The molecule has 0 saturated carbocycles. The van der Waals surface area contributed by atoms with Gasteiger partial charge in [0, 0.05) is 31.8 Å². The van der Waals surface area contributed by atoms with Crippen molar-refractivity contribution in [3.63, 3.8) is 0 Å². The van der Waals surface area contributed by atoms with Gasteiger partial charge in [-0.25, -0.2) is 0 Å². The summed E-state index contributed by atoms with van der Waals surface area (Å²) in [5.74, 6) is 1.39. The molecule has 50 heavy (non-hydrogen) atoms. The molecule has 0 radical (unpaired) electrons. The minimum Gasteiger partial charge on any atom is -0.396 e. The second kappa shape index (κ2) is 15.3. The van der Waals surface area contributed by atoms with Crippen molar-refractivity contribution >= 4 is 0 Å². The van der Waals surface area contributed by atoms with Gasteiger partial charge in [-0.1, -0.05) is 60.3 Å². The molecule has 8 fully saturated rings. The van der Waals surface area contributed by atoms with Crippen LogP contribution in [0.2, 0.25) is 0 Å². The lowest BCUT2D eigenvalue weighted by molar-refractivity contribution is -0.262. The summed E-state index contributed by atoms with van der Waals surface area (Å²) in [7, 11) is 0. The molecule has 8 rings (SSSR count). The van der Waals surface area contributed by atoms with E-state index >= 15 is 0 Å². The van der Waals surface area contributed by atoms with Gasteiger partial charge < -0.3 is 38.3 Å². The van der Waals surface area contributed by atoms with Crippen LogP contribution in [-0.2, 0) is 33.2 Å². The SMILES string of the molecule is C=CC[C@@H]1O[C@H]2[C@H]3O[C@]4(CCC5CC(=C)[C@H](CCC6C[C@@H](C)C(=C)[C@@H](CC7O[C@H](C[C@H](C)CC)[C@H](C)[C@H]7CCO)O6)O5)C[C@H]3O[C@H]2[C@@H](O4)C1C. The maximum absolute atomic E-state index is 9.90. The number of aliphatic hydroxyl groups is 1. The predicted molar refractivity (Wildman–Crippen MR) is 193 cm³/mol. The van der Waals surface area contributed by atoms with Crippen LogP contribution in [0.1, 0.15) is 112 Å². The zero-order valence-corrected chi connectivity index (χ0v) is 31.5. The zero-order valence-electron chi connectivity index (χ0n) is 31.5. The smallest absolute Gasteiger partial charge is 0.172 e. The summed E-state index contributed by atoms with van der Waals surface area (Å²) < 4.78 is 46.8. The minimum absolute atomic E-state index is 0.0197. The standard InChI is InChI=1S/C42H66O8/c1-9-11-33-28(8)38-40-41(47-33)39-37(48-40)22-42(49-38,50-39)16-14-30-20-25(5)32(44-30)13-12-29-19-24(4)26(6)35(45-29)21-36-31(15-17-43)27(7)34(46-36)18-23(3)10-2/h9,23-24,27-41,43H,1,5-6,10-22H2,2-4,7-8H3/t23-,24-,27-,28?,29?,30?,31-,32+,33+,34-,35-,36?,37-,38+,39+,40+,41+,42-/m1/s1. The normalized spacial score (nSPS) is 48.8. The summed E-state index contributed by atoms with van der Waals surface area (Å²) in [5.41, 5.74) is 2.38. The van der Waals surface area contributed by atoms with Crippen LogP contribution in [0.25, 0.3) is 0 Å². The van der Waals surface area contributed by atoms with Gasteiger partial charge >= 0.3 is 0 Å². The van der Waals surface area contributed by atoms with Gasteiger partial charge in [-0.15, -0.1) is 6.58 Å². The maximum atomic E-state index is 9.90. The van der Waals surface area contributed by atoms with Gasteiger partial charge in [0.1, 0.15) is 18.3 Å². The second-order valence-corrected chi connectivity index (χ2v) is 17.4. The Morgan fingerprint density at radius 1 is 0.840 bits per heavy atom. The average molecular weight is 699 g/mol. The van der Waals surface area contributed by atoms with E-state index in [4.69, 9.17) is 33.2 Å². The molecule has 8 saturated heterocycles. The molecule has 0 aromatic carbocycles. The summed E-state index contributed by atoms with van der Waals surface area (Å²) in [6.07, 6.45) is 13.3. The lowest BCUT2D eigenvalue weighted by atomic mass is 9.79. The highest BCUT2D eigenvalue weighted by atomic mass is 16.8. The van der Waals surface area contributed by atoms with E-state index in [0.717, 1.165) is 77.0 Å². The van der Waals surface area contributed by atoms with E-state index in [0.29, 0.717) is 23.7 Å². The van der Waals surface area contributed by atoms with Gasteiger partial charge in [-0.2, -0.15) is 0 Å². The Kier molecular flexibility index (Phi) is 11.4. The quantitative estimate of drug-likeness (QED) is 0.177. The van der Waals surface area contributed by atoms with E-state index in [1.165, 1.54) is 11.1 Å². The first-order valence-corrected chi connectivity index (χ1v) is 20.2. The van der Waals surface area contributed by atoms with Crippen LogP contribution >= 0.6 is 0 Å². The molecular formula is C42H66O8. The molecule has 0 aromatic rings. The summed E-state index contributed by atoms with van der Waals surface area (Å²) in [4.78, 5) is 0. The van der Waals surface area contributed by atoms with Crippen molar-refractivity contribution in [1.29, 1.82) is 0 Å². The Morgan fingerprint density at radius 2 is 1.60 bits per heavy atom. The van der Waals surface area contributed by atoms with Crippen molar-refractivity contribution in [2.45, 2.75) is 191 Å². The lowest BCUT2D eigenvalue weighted by Gasteiger charge is -2.42. The highest BCUT2D eigenvalue weighted by molar-refractivity contribution is 5.14. The highest BCUT2D eigenvalue weighted by Crippen LogP contribution is 2.54. The van der Waals surface area contributed by atoms with E-state index in [-0.39, 0.29) is 85.8 Å². The Balaban J connectivity index is 0.911. The molecule has 282 valence electrons. The first-order valence-electron chi connectivity index (χ1n) is 20.2. The van der Waals surface area contributed by atoms with Gasteiger partial charge in [0.25, 0.3) is 0 Å². The van der Waals surface area contributed by atoms with E-state index in [1.54, 1.807) is 0 Å². The molecule has 8 heteroatoms. The molecule has 8 aliphatic heterocycles. The Hall–Kier alpha value is -1.10. The van der Waals surface area contributed by atoms with Gasteiger partial charge in [0.2, 0.25) is 0 Å². The van der Waals surface area contributed by atoms with Crippen LogP contribution in [-0.4, -0.2) is 90.7 Å². The fourth-order valence-electron chi connectivity index (χ4n) is 10.6.